The van der Waals surface area contributed by atoms with E-state index in [9.17, 15) is 9.59 Å². The van der Waals surface area contributed by atoms with Gasteiger partial charge in [0, 0.05) is 11.8 Å². The van der Waals surface area contributed by atoms with Crippen molar-refractivity contribution in [2.24, 2.45) is 0 Å². The predicted octanol–water partition coefficient (Wildman–Crippen LogP) is 2.33. The van der Waals surface area contributed by atoms with Crippen LogP contribution in [0.4, 0.5) is 5.69 Å². The van der Waals surface area contributed by atoms with Gasteiger partial charge >= 0.3 is 0 Å². The molecule has 0 aliphatic heterocycles. The smallest absolute Gasteiger partial charge is 0.221 e. The van der Waals surface area contributed by atoms with E-state index in [0.717, 1.165) is 10.6 Å². The van der Waals surface area contributed by atoms with E-state index in [-0.39, 0.29) is 11.7 Å². The third-order valence-corrected chi connectivity index (χ3v) is 2.85. The number of ketones is 1. The van der Waals surface area contributed by atoms with E-state index in [1.165, 1.54) is 18.7 Å². The van der Waals surface area contributed by atoms with Crippen molar-refractivity contribution in [2.75, 3.05) is 11.1 Å². The fourth-order valence-corrected chi connectivity index (χ4v) is 1.87. The Hall–Kier alpha value is -1.29. The average molecular weight is 223 g/mol. The molecule has 3 nitrogen and oxygen atoms in total. The number of carbonyl (C=O) groups excluding carboxylic acids is 2. The number of nitrogens with one attached hydrogen (secondary N) is 1. The van der Waals surface area contributed by atoms with Crippen LogP contribution >= 0.6 is 11.8 Å². The fourth-order valence-electron chi connectivity index (χ4n) is 1.06. The third-order valence-electron chi connectivity index (χ3n) is 1.63. The van der Waals surface area contributed by atoms with Crippen LogP contribution in [0.15, 0.2) is 29.2 Å². The Kier molecular flexibility index (Phi) is 4.37. The molecule has 0 saturated carbocycles. The maximum Gasteiger partial charge on any atom is 0.221 e. The molecule has 1 rings (SSSR count). The largest absolute Gasteiger partial charge is 0.325 e. The van der Waals surface area contributed by atoms with Crippen LogP contribution in [-0.2, 0) is 9.59 Å². The van der Waals surface area contributed by atoms with E-state index in [1.807, 2.05) is 24.3 Å². The normalized spacial score (nSPS) is 9.73. The van der Waals surface area contributed by atoms with Crippen LogP contribution in [0, 0.1) is 0 Å². The van der Waals surface area contributed by atoms with E-state index < -0.39 is 0 Å². The molecule has 0 aliphatic carbocycles. The summed E-state index contributed by atoms with van der Waals surface area (Å²) in [6.07, 6.45) is 0. The zero-order chi connectivity index (χ0) is 11.3. The molecule has 0 heterocycles. The van der Waals surface area contributed by atoms with Gasteiger partial charge in [0.2, 0.25) is 5.91 Å². The first-order chi connectivity index (χ1) is 7.09. The Bertz CT molecular complexity index is 377. The first-order valence-electron chi connectivity index (χ1n) is 4.58. The quantitative estimate of drug-likeness (QED) is 0.797. The van der Waals surface area contributed by atoms with Crippen LogP contribution in [0.25, 0.3) is 0 Å². The maximum absolute atomic E-state index is 10.9. The average Bonchev–Trinajstić information content (AvgIpc) is 2.15. The van der Waals surface area contributed by atoms with E-state index in [2.05, 4.69) is 5.32 Å². The lowest BCUT2D eigenvalue weighted by atomic mass is 10.3. The van der Waals surface area contributed by atoms with Gasteiger partial charge in [-0.2, -0.15) is 0 Å². The highest BCUT2D eigenvalue weighted by atomic mass is 32.2. The standard InChI is InChI=1S/C11H13NO2S/c1-8(13)7-15-11-6-4-3-5-10(11)12-9(2)14/h3-6H,7H2,1-2H3,(H,12,14). The van der Waals surface area contributed by atoms with Gasteiger partial charge in [-0.15, -0.1) is 11.8 Å². The minimum Gasteiger partial charge on any atom is -0.325 e. The summed E-state index contributed by atoms with van der Waals surface area (Å²) in [7, 11) is 0. The van der Waals surface area contributed by atoms with Crippen LogP contribution < -0.4 is 5.32 Å². The molecule has 0 fully saturated rings. The highest BCUT2D eigenvalue weighted by molar-refractivity contribution is 8.00. The molecule has 15 heavy (non-hydrogen) atoms. The molecule has 1 aromatic carbocycles. The van der Waals surface area contributed by atoms with Crippen molar-refractivity contribution < 1.29 is 9.59 Å². The van der Waals surface area contributed by atoms with Crippen LogP contribution in [0.1, 0.15) is 13.8 Å². The van der Waals surface area contributed by atoms with Crippen LogP contribution in [0.3, 0.4) is 0 Å². The summed E-state index contributed by atoms with van der Waals surface area (Å²) in [6.45, 7) is 3.01. The first kappa shape index (κ1) is 11.8. The lowest BCUT2D eigenvalue weighted by Crippen LogP contribution is -2.06. The van der Waals surface area contributed by atoms with Gasteiger partial charge in [-0.1, -0.05) is 12.1 Å². The monoisotopic (exact) mass is 223 g/mol. The summed E-state index contributed by atoms with van der Waals surface area (Å²) in [6, 6.07) is 7.44. The number of para-hydroxylation sites is 1. The summed E-state index contributed by atoms with van der Waals surface area (Å²) in [4.78, 5) is 22.7. The summed E-state index contributed by atoms with van der Waals surface area (Å²) in [5, 5.41) is 2.73. The Morgan fingerprint density at radius 2 is 1.93 bits per heavy atom. The molecule has 1 aromatic rings. The molecule has 1 N–H and O–H groups in total. The van der Waals surface area contributed by atoms with E-state index in [1.54, 1.807) is 6.92 Å². The number of Topliss-reactive ketones (excluding diaryl/α,β-unsaturated/α-hetero) is 1. The van der Waals surface area contributed by atoms with Gasteiger partial charge in [-0.05, 0) is 19.1 Å². The van der Waals surface area contributed by atoms with Crippen molar-refractivity contribution in [1.82, 2.24) is 0 Å². The summed E-state index contributed by atoms with van der Waals surface area (Å²) < 4.78 is 0. The maximum atomic E-state index is 10.9. The molecule has 1 amide bonds. The van der Waals surface area contributed by atoms with Gasteiger partial charge in [0.1, 0.15) is 5.78 Å². The van der Waals surface area contributed by atoms with E-state index in [0.29, 0.717) is 5.75 Å². The summed E-state index contributed by atoms with van der Waals surface area (Å²) in [5.41, 5.74) is 0.760. The molecule has 4 heteroatoms. The molecule has 0 aromatic heterocycles. The van der Waals surface area contributed by atoms with Crippen LogP contribution in [0.5, 0.6) is 0 Å². The van der Waals surface area contributed by atoms with Gasteiger partial charge in [0.15, 0.2) is 0 Å². The van der Waals surface area contributed by atoms with Crippen molar-refractivity contribution in [3.05, 3.63) is 24.3 Å². The fraction of sp³-hybridized carbons (Fsp3) is 0.273. The molecule has 0 bridgehead atoms. The molecule has 0 spiro atoms. The number of carbonyl (C=O) groups is 2. The lowest BCUT2D eigenvalue weighted by molar-refractivity contribution is -0.115. The number of rotatable bonds is 4. The number of anilines is 1. The summed E-state index contributed by atoms with van der Waals surface area (Å²) >= 11 is 1.43. The second-order valence-corrected chi connectivity index (χ2v) is 4.19. The zero-order valence-corrected chi connectivity index (χ0v) is 9.56. The molecule has 0 saturated heterocycles. The second-order valence-electron chi connectivity index (χ2n) is 3.17. The van der Waals surface area contributed by atoms with Crippen molar-refractivity contribution >= 4 is 29.1 Å². The molecule has 0 atom stereocenters. The topological polar surface area (TPSA) is 46.2 Å². The first-order valence-corrected chi connectivity index (χ1v) is 5.57. The lowest BCUT2D eigenvalue weighted by Gasteiger charge is -2.07. The highest BCUT2D eigenvalue weighted by Gasteiger charge is 2.04. The molecule has 0 aliphatic rings. The minimum atomic E-state index is -0.106. The molecule has 0 radical (unpaired) electrons. The number of hydrogen-bond donors (Lipinski definition) is 1. The van der Waals surface area contributed by atoms with Gasteiger partial charge in [0.25, 0.3) is 0 Å². The van der Waals surface area contributed by atoms with Gasteiger partial charge in [-0.3, -0.25) is 9.59 Å². The van der Waals surface area contributed by atoms with Gasteiger partial charge in [-0.25, -0.2) is 0 Å². The second kappa shape index (κ2) is 5.56. The zero-order valence-electron chi connectivity index (χ0n) is 8.74. The minimum absolute atomic E-state index is 0.106. The Morgan fingerprint density at radius 3 is 2.53 bits per heavy atom. The number of benzene rings is 1. The number of thioether (sulfide) groups is 1. The molecular formula is C11H13NO2S. The van der Waals surface area contributed by atoms with Crippen molar-refractivity contribution in [3.63, 3.8) is 0 Å². The van der Waals surface area contributed by atoms with Crippen LogP contribution in [-0.4, -0.2) is 17.4 Å². The van der Waals surface area contributed by atoms with Gasteiger partial charge in [0.05, 0.1) is 11.4 Å². The van der Waals surface area contributed by atoms with E-state index in [4.69, 9.17) is 0 Å². The van der Waals surface area contributed by atoms with Crippen molar-refractivity contribution in [2.45, 2.75) is 18.7 Å². The van der Waals surface area contributed by atoms with Gasteiger partial charge < -0.3 is 5.32 Å². The Morgan fingerprint density at radius 1 is 1.27 bits per heavy atom. The van der Waals surface area contributed by atoms with Crippen LogP contribution in [0.2, 0.25) is 0 Å². The predicted molar refractivity (Wildman–Crippen MR) is 62.2 cm³/mol. The van der Waals surface area contributed by atoms with E-state index >= 15 is 0 Å². The van der Waals surface area contributed by atoms with Crippen molar-refractivity contribution in [3.8, 4) is 0 Å². The molecular weight excluding hydrogens is 210 g/mol. The Balaban J connectivity index is 2.76. The third kappa shape index (κ3) is 4.16. The number of amides is 1. The Labute approximate surface area is 93.3 Å². The molecule has 80 valence electrons. The van der Waals surface area contributed by atoms with Crippen molar-refractivity contribution in [1.29, 1.82) is 0 Å². The number of hydrogen-bond acceptors (Lipinski definition) is 3. The SMILES string of the molecule is CC(=O)CSc1ccccc1NC(C)=O. The highest BCUT2D eigenvalue weighted by Crippen LogP contribution is 2.26. The molecule has 0 unspecified atom stereocenters. The summed E-state index contributed by atoms with van der Waals surface area (Å²) in [5.74, 6) is 0.444.